The lowest BCUT2D eigenvalue weighted by Gasteiger charge is -2.41. The molecule has 0 atom stereocenters. The van der Waals surface area contributed by atoms with Crippen LogP contribution in [0.2, 0.25) is 0 Å². The van der Waals surface area contributed by atoms with Crippen molar-refractivity contribution in [2.24, 2.45) is 12.0 Å². The molecule has 47 heavy (non-hydrogen) atoms. The maximum Gasteiger partial charge on any atom is 0.307 e. The summed E-state index contributed by atoms with van der Waals surface area (Å²) in [4.78, 5) is 27.4. The molecular formula is C37H48FN5O4. The van der Waals surface area contributed by atoms with Crippen molar-refractivity contribution in [3.63, 3.8) is 0 Å². The molecule has 3 aliphatic heterocycles. The molecule has 6 rings (SSSR count). The number of carboxylic acid groups (broad SMARTS) is 1. The van der Waals surface area contributed by atoms with Gasteiger partial charge in [0.2, 0.25) is 0 Å². The molecule has 0 amide bonds. The van der Waals surface area contributed by atoms with E-state index < -0.39 is 11.8 Å². The average Bonchev–Trinajstić information content (AvgIpc) is 3.40. The Kier molecular flexibility index (Phi) is 9.98. The van der Waals surface area contributed by atoms with Crippen molar-refractivity contribution in [2.45, 2.75) is 78.7 Å². The number of carbonyl (C=O) groups is 1. The third-order valence-electron chi connectivity index (χ3n) is 10.1. The number of pyridine rings is 1. The number of hydrogen-bond acceptors (Lipinski definition) is 7. The second kappa shape index (κ2) is 14.2. The molecule has 0 radical (unpaired) electrons. The van der Waals surface area contributed by atoms with Crippen LogP contribution < -0.4 is 4.74 Å². The number of allylic oxidation sites excluding steroid dienone is 1. The van der Waals surface area contributed by atoms with E-state index in [1.807, 2.05) is 20.9 Å². The highest BCUT2D eigenvalue weighted by Gasteiger charge is 2.28. The first-order valence-electron chi connectivity index (χ1n) is 17.2. The topological polar surface area (TPSA) is 92.4 Å². The maximum atomic E-state index is 15.6. The summed E-state index contributed by atoms with van der Waals surface area (Å²) in [6.07, 6.45) is 7.32. The van der Waals surface area contributed by atoms with Crippen LogP contribution in [0.5, 0.6) is 5.75 Å². The fourth-order valence-electron chi connectivity index (χ4n) is 7.60. The minimum atomic E-state index is -0.951. The number of aryl methyl sites for hydroxylation is 2. The van der Waals surface area contributed by atoms with Crippen LogP contribution in [0.4, 0.5) is 4.39 Å². The molecule has 2 fully saturated rings. The van der Waals surface area contributed by atoms with Gasteiger partial charge in [-0.05, 0) is 92.8 Å². The zero-order valence-corrected chi connectivity index (χ0v) is 28.5. The second-order valence-electron chi connectivity index (χ2n) is 13.0. The van der Waals surface area contributed by atoms with Gasteiger partial charge in [0.05, 0.1) is 24.4 Å². The number of benzene rings is 1. The first-order valence-corrected chi connectivity index (χ1v) is 17.2. The van der Waals surface area contributed by atoms with Gasteiger partial charge in [-0.2, -0.15) is 0 Å². The zero-order chi connectivity index (χ0) is 33.2. The van der Waals surface area contributed by atoms with Gasteiger partial charge in [-0.25, -0.2) is 14.4 Å². The molecule has 0 aliphatic carbocycles. The van der Waals surface area contributed by atoms with Crippen LogP contribution in [-0.4, -0.2) is 88.2 Å². The van der Waals surface area contributed by atoms with Crippen molar-refractivity contribution in [3.05, 3.63) is 57.9 Å². The predicted octanol–water partition coefficient (Wildman–Crippen LogP) is 6.20. The molecule has 10 heteroatoms. The number of rotatable bonds is 9. The van der Waals surface area contributed by atoms with Gasteiger partial charge in [0.1, 0.15) is 11.5 Å². The first kappa shape index (κ1) is 33.2. The van der Waals surface area contributed by atoms with E-state index in [9.17, 15) is 9.90 Å². The van der Waals surface area contributed by atoms with E-state index in [2.05, 4.69) is 40.4 Å². The molecule has 2 aromatic heterocycles. The third-order valence-corrected chi connectivity index (χ3v) is 10.1. The number of aliphatic imine (C=N–C) groups is 1. The third kappa shape index (κ3) is 6.54. The van der Waals surface area contributed by atoms with Gasteiger partial charge in [-0.1, -0.05) is 13.8 Å². The van der Waals surface area contributed by atoms with E-state index in [1.165, 1.54) is 6.07 Å². The lowest BCUT2D eigenvalue weighted by atomic mass is 9.87. The Hall–Kier alpha value is -3.76. The van der Waals surface area contributed by atoms with Crippen LogP contribution in [0.1, 0.15) is 74.0 Å². The molecule has 0 spiro atoms. The predicted molar refractivity (Wildman–Crippen MR) is 183 cm³/mol. The summed E-state index contributed by atoms with van der Waals surface area (Å²) in [5.41, 5.74) is 7.00. The van der Waals surface area contributed by atoms with Gasteiger partial charge in [0.15, 0.2) is 11.6 Å². The lowest BCUT2D eigenvalue weighted by Crippen LogP contribution is -2.51. The van der Waals surface area contributed by atoms with E-state index in [4.69, 9.17) is 19.5 Å². The Bertz CT molecular complexity index is 1710. The van der Waals surface area contributed by atoms with Crippen LogP contribution in [-0.2, 0) is 29.4 Å². The Labute approximate surface area is 277 Å². The molecule has 0 unspecified atom stereocenters. The van der Waals surface area contributed by atoms with Gasteiger partial charge in [0, 0.05) is 69.1 Å². The molecule has 1 N–H and O–H groups in total. The molecule has 5 heterocycles. The molecule has 0 bridgehead atoms. The van der Waals surface area contributed by atoms with E-state index in [0.29, 0.717) is 41.6 Å². The van der Waals surface area contributed by atoms with Crippen molar-refractivity contribution >= 4 is 22.7 Å². The molecule has 252 valence electrons. The Morgan fingerprint density at radius 1 is 1.13 bits per heavy atom. The summed E-state index contributed by atoms with van der Waals surface area (Å²) in [7, 11) is 1.99. The highest BCUT2D eigenvalue weighted by Crippen LogP contribution is 2.42. The Balaban J connectivity index is 1.43. The number of ether oxygens (including phenoxy) is 2. The monoisotopic (exact) mass is 645 g/mol. The number of aromatic nitrogens is 2. The van der Waals surface area contributed by atoms with Crippen LogP contribution in [0.3, 0.4) is 0 Å². The van der Waals surface area contributed by atoms with E-state index in [0.717, 1.165) is 116 Å². The maximum absolute atomic E-state index is 15.6. The molecule has 3 aliphatic rings. The van der Waals surface area contributed by atoms with E-state index in [1.54, 1.807) is 0 Å². The van der Waals surface area contributed by atoms with Gasteiger partial charge in [0.25, 0.3) is 0 Å². The fourth-order valence-corrected chi connectivity index (χ4v) is 7.60. The molecule has 9 nitrogen and oxygen atoms in total. The summed E-state index contributed by atoms with van der Waals surface area (Å²) in [5.74, 6) is -0.0578. The number of aliphatic carboxylic acids is 1. The highest BCUT2D eigenvalue weighted by molar-refractivity contribution is 6.07. The van der Waals surface area contributed by atoms with Crippen molar-refractivity contribution < 1.29 is 23.8 Å². The second-order valence-corrected chi connectivity index (χ2v) is 13.0. The first-order chi connectivity index (χ1) is 22.7. The normalized spacial score (nSPS) is 18.5. The molecular weight excluding hydrogens is 597 g/mol. The summed E-state index contributed by atoms with van der Waals surface area (Å²) in [5, 5.41) is 10.7. The fraction of sp³-hybridized carbons (Fsp3) is 0.541. The smallest absolute Gasteiger partial charge is 0.307 e. The summed E-state index contributed by atoms with van der Waals surface area (Å²) >= 11 is 0. The molecule has 1 aromatic carbocycles. The van der Waals surface area contributed by atoms with Crippen LogP contribution in [0.15, 0.2) is 29.0 Å². The van der Waals surface area contributed by atoms with E-state index >= 15 is 4.39 Å². The lowest BCUT2D eigenvalue weighted by molar-refractivity contribution is -0.136. The molecule has 2 saturated heterocycles. The van der Waals surface area contributed by atoms with Crippen molar-refractivity contribution in [2.75, 3.05) is 46.0 Å². The highest BCUT2D eigenvalue weighted by atomic mass is 19.1. The molecule has 0 saturated carbocycles. The van der Waals surface area contributed by atoms with Crippen molar-refractivity contribution in [3.8, 4) is 16.9 Å². The van der Waals surface area contributed by atoms with Crippen molar-refractivity contribution in [1.82, 2.24) is 19.4 Å². The van der Waals surface area contributed by atoms with Crippen LogP contribution in [0, 0.1) is 19.7 Å². The number of hydrogen-bond donors (Lipinski definition) is 1. The van der Waals surface area contributed by atoms with Crippen LogP contribution in [0.25, 0.3) is 22.2 Å². The minimum Gasteiger partial charge on any atom is -0.490 e. The number of halogens is 1. The van der Waals surface area contributed by atoms with Gasteiger partial charge in [-0.15, -0.1) is 0 Å². The largest absolute Gasteiger partial charge is 0.490 e. The van der Waals surface area contributed by atoms with E-state index in [-0.39, 0.29) is 6.42 Å². The summed E-state index contributed by atoms with van der Waals surface area (Å²) in [6.45, 7) is 14.2. The van der Waals surface area contributed by atoms with Crippen molar-refractivity contribution in [1.29, 1.82) is 0 Å². The van der Waals surface area contributed by atoms with Gasteiger partial charge in [-0.3, -0.25) is 9.69 Å². The minimum absolute atomic E-state index is 0.207. The Morgan fingerprint density at radius 2 is 1.87 bits per heavy atom. The van der Waals surface area contributed by atoms with Gasteiger partial charge < -0.3 is 24.0 Å². The number of fused-ring (bicyclic) bond motifs is 2. The zero-order valence-electron chi connectivity index (χ0n) is 28.5. The Morgan fingerprint density at radius 3 is 2.55 bits per heavy atom. The number of nitrogens with zero attached hydrogens (tertiary/aromatic N) is 5. The summed E-state index contributed by atoms with van der Waals surface area (Å²) < 4.78 is 29.0. The standard InChI is InChI=1S/C37H48FN5O4/c1-6-9-33(43-15-13-42(14-16-43)25-11-18-46-19-12-25)40-31(7-2)32-21-29-35(28(22-34(44)45)24(4)39-37(29)41(32)5)27-20-30(38)36-26(23(27)3)10-8-17-47-36/h9,20-21,25H,6-8,10-19,22H2,1-5H3,(H,44,45)/b33-9-,40-31?. The van der Waals surface area contributed by atoms with Gasteiger partial charge >= 0.3 is 5.97 Å². The number of carboxylic acids is 1. The quantitative estimate of drug-likeness (QED) is 0.277. The average molecular weight is 646 g/mol. The van der Waals surface area contributed by atoms with Crippen LogP contribution >= 0.6 is 0 Å². The SMILES string of the molecule is CC/C=C(/N=C(CC)c1cc2c(-c3cc(F)c4c(c3C)CCCO4)c(CC(=O)O)c(C)nc2n1C)N1CCN(C2CCOCC2)CC1. The number of piperazine rings is 1. The molecule has 3 aromatic rings. The summed E-state index contributed by atoms with van der Waals surface area (Å²) in [6, 6.07) is 4.19.